The number of hydrogen-bond acceptors (Lipinski definition) is 6. The first-order valence-corrected chi connectivity index (χ1v) is 5.85. The van der Waals surface area contributed by atoms with Gasteiger partial charge in [0.1, 0.15) is 5.69 Å². The molecule has 7 heteroatoms. The van der Waals surface area contributed by atoms with Crippen molar-refractivity contribution in [3.05, 3.63) is 33.9 Å². The molecule has 0 saturated carbocycles. The summed E-state index contributed by atoms with van der Waals surface area (Å²) in [5, 5.41) is 34.5. The van der Waals surface area contributed by atoms with Crippen molar-refractivity contribution >= 4 is 11.4 Å². The van der Waals surface area contributed by atoms with Crippen LogP contribution in [0.2, 0.25) is 0 Å². The molecule has 0 aromatic heterocycles. The number of nitrogens with zero attached hydrogens (tertiary/aromatic N) is 2. The molecule has 1 atom stereocenters. The van der Waals surface area contributed by atoms with Gasteiger partial charge in [0.25, 0.3) is 5.69 Å². The lowest BCUT2D eigenvalue weighted by atomic mass is 10.2. The van der Waals surface area contributed by atoms with Crippen molar-refractivity contribution in [2.24, 2.45) is 0 Å². The number of nitriles is 1. The number of hydrogen-bond donors (Lipinski definition) is 3. The summed E-state index contributed by atoms with van der Waals surface area (Å²) in [5.41, 5.74) is 0.516. The molecule has 19 heavy (non-hydrogen) atoms. The van der Waals surface area contributed by atoms with Crippen molar-refractivity contribution in [1.82, 2.24) is 5.32 Å². The molecule has 102 valence electrons. The molecule has 0 bridgehead atoms. The minimum absolute atomic E-state index is 0.116. The van der Waals surface area contributed by atoms with E-state index in [-0.39, 0.29) is 11.3 Å². The summed E-state index contributed by atoms with van der Waals surface area (Å²) in [6.45, 7) is 3.20. The largest absolute Gasteiger partial charge is 0.392 e. The van der Waals surface area contributed by atoms with E-state index >= 15 is 0 Å². The van der Waals surface area contributed by atoms with Crippen LogP contribution in [0, 0.1) is 21.4 Å². The summed E-state index contributed by atoms with van der Waals surface area (Å²) in [5.74, 6) is 0. The standard InChI is InChI=1S/C12H16N4O3/c1-9(17)8-14-4-5-15-11-3-2-10(7-13)6-12(11)16(18)19/h2-3,6,9,14-15,17H,4-5,8H2,1H3. The van der Waals surface area contributed by atoms with Gasteiger partial charge in [0.2, 0.25) is 0 Å². The van der Waals surface area contributed by atoms with Crippen LogP contribution in [-0.4, -0.2) is 35.8 Å². The minimum Gasteiger partial charge on any atom is -0.392 e. The Morgan fingerprint density at radius 2 is 2.26 bits per heavy atom. The zero-order chi connectivity index (χ0) is 14.3. The highest BCUT2D eigenvalue weighted by atomic mass is 16.6. The molecular weight excluding hydrogens is 248 g/mol. The predicted octanol–water partition coefficient (Wildman–Crippen LogP) is 0.849. The molecule has 7 nitrogen and oxygen atoms in total. The normalized spacial score (nSPS) is 11.6. The van der Waals surface area contributed by atoms with Crippen molar-refractivity contribution in [2.45, 2.75) is 13.0 Å². The second-order valence-corrected chi connectivity index (χ2v) is 4.08. The van der Waals surface area contributed by atoms with Gasteiger partial charge in [-0.3, -0.25) is 10.1 Å². The van der Waals surface area contributed by atoms with Crippen molar-refractivity contribution in [3.8, 4) is 6.07 Å². The van der Waals surface area contributed by atoms with Gasteiger partial charge in [-0.05, 0) is 19.1 Å². The van der Waals surface area contributed by atoms with Gasteiger partial charge in [-0.25, -0.2) is 0 Å². The number of aliphatic hydroxyl groups is 1. The van der Waals surface area contributed by atoms with Gasteiger partial charge in [-0.1, -0.05) is 0 Å². The van der Waals surface area contributed by atoms with E-state index < -0.39 is 11.0 Å². The van der Waals surface area contributed by atoms with Crippen LogP contribution >= 0.6 is 0 Å². The molecule has 1 unspecified atom stereocenters. The number of anilines is 1. The van der Waals surface area contributed by atoms with Crippen LogP contribution in [0.15, 0.2) is 18.2 Å². The van der Waals surface area contributed by atoms with E-state index in [9.17, 15) is 10.1 Å². The van der Waals surface area contributed by atoms with E-state index in [1.165, 1.54) is 18.2 Å². The first kappa shape index (κ1) is 14.9. The molecule has 0 aliphatic carbocycles. The Hall–Kier alpha value is -2.17. The first-order chi connectivity index (χ1) is 9.04. The molecule has 0 heterocycles. The fraction of sp³-hybridized carbons (Fsp3) is 0.417. The summed E-state index contributed by atoms with van der Waals surface area (Å²) >= 11 is 0. The molecule has 0 spiro atoms. The van der Waals surface area contributed by atoms with Gasteiger partial charge in [-0.2, -0.15) is 5.26 Å². The molecule has 1 rings (SSSR count). The Kier molecular flexibility index (Phi) is 5.73. The molecule has 1 aromatic rings. The summed E-state index contributed by atoms with van der Waals surface area (Å²) in [4.78, 5) is 10.4. The fourth-order valence-electron chi connectivity index (χ4n) is 1.50. The number of nitro benzene ring substituents is 1. The Balaban J connectivity index is 2.58. The zero-order valence-electron chi connectivity index (χ0n) is 10.6. The summed E-state index contributed by atoms with van der Waals surface area (Å²) in [7, 11) is 0. The Bertz CT molecular complexity index is 482. The van der Waals surface area contributed by atoms with Gasteiger partial charge in [0.15, 0.2) is 0 Å². The molecule has 0 radical (unpaired) electrons. The lowest BCUT2D eigenvalue weighted by Gasteiger charge is -2.09. The smallest absolute Gasteiger partial charge is 0.293 e. The number of nitrogens with one attached hydrogen (secondary N) is 2. The van der Waals surface area contributed by atoms with Crippen LogP contribution in [0.4, 0.5) is 11.4 Å². The Labute approximate surface area is 111 Å². The maximum Gasteiger partial charge on any atom is 0.293 e. The number of aliphatic hydroxyl groups excluding tert-OH is 1. The summed E-state index contributed by atoms with van der Waals surface area (Å²) < 4.78 is 0. The van der Waals surface area contributed by atoms with Crippen LogP contribution in [0.1, 0.15) is 12.5 Å². The number of benzene rings is 1. The first-order valence-electron chi connectivity index (χ1n) is 5.85. The Morgan fingerprint density at radius 1 is 1.53 bits per heavy atom. The van der Waals surface area contributed by atoms with Gasteiger partial charge in [-0.15, -0.1) is 0 Å². The van der Waals surface area contributed by atoms with Crippen LogP contribution in [0.25, 0.3) is 0 Å². The second kappa shape index (κ2) is 7.31. The third-order valence-electron chi connectivity index (χ3n) is 2.38. The minimum atomic E-state index is -0.521. The van der Waals surface area contributed by atoms with Gasteiger partial charge in [0, 0.05) is 25.7 Å². The maximum absolute atomic E-state index is 10.9. The van der Waals surface area contributed by atoms with Gasteiger partial charge in [0.05, 0.1) is 22.7 Å². The number of rotatable bonds is 7. The average Bonchev–Trinajstić information content (AvgIpc) is 2.38. The summed E-state index contributed by atoms with van der Waals surface area (Å²) in [6.07, 6.45) is -0.427. The molecule has 0 amide bonds. The van der Waals surface area contributed by atoms with E-state index in [1.54, 1.807) is 6.92 Å². The number of nitro groups is 1. The van der Waals surface area contributed by atoms with Crippen LogP contribution in [-0.2, 0) is 0 Å². The predicted molar refractivity (Wildman–Crippen MR) is 70.9 cm³/mol. The molecule has 0 aliphatic rings. The third-order valence-corrected chi connectivity index (χ3v) is 2.38. The average molecular weight is 264 g/mol. The van der Waals surface area contributed by atoms with Crippen LogP contribution in [0.3, 0.4) is 0 Å². The van der Waals surface area contributed by atoms with Crippen molar-refractivity contribution < 1.29 is 10.0 Å². The highest BCUT2D eigenvalue weighted by Crippen LogP contribution is 2.24. The van der Waals surface area contributed by atoms with Gasteiger partial charge < -0.3 is 15.7 Å². The molecule has 3 N–H and O–H groups in total. The SMILES string of the molecule is CC(O)CNCCNc1ccc(C#N)cc1[N+](=O)[O-]. The van der Waals surface area contributed by atoms with E-state index in [2.05, 4.69) is 10.6 Å². The van der Waals surface area contributed by atoms with Crippen molar-refractivity contribution in [1.29, 1.82) is 5.26 Å². The third kappa shape index (κ3) is 4.91. The molecule has 0 fully saturated rings. The van der Waals surface area contributed by atoms with Crippen LogP contribution in [0.5, 0.6) is 0 Å². The highest BCUT2D eigenvalue weighted by Gasteiger charge is 2.13. The fourth-order valence-corrected chi connectivity index (χ4v) is 1.50. The zero-order valence-corrected chi connectivity index (χ0v) is 10.6. The lowest BCUT2D eigenvalue weighted by Crippen LogP contribution is -2.29. The van der Waals surface area contributed by atoms with Crippen molar-refractivity contribution in [2.75, 3.05) is 25.0 Å². The molecule has 0 aliphatic heterocycles. The topological polar surface area (TPSA) is 111 Å². The van der Waals surface area contributed by atoms with E-state index in [4.69, 9.17) is 10.4 Å². The second-order valence-electron chi connectivity index (χ2n) is 4.08. The van der Waals surface area contributed by atoms with E-state index in [0.717, 1.165) is 0 Å². The Morgan fingerprint density at radius 3 is 2.84 bits per heavy atom. The van der Waals surface area contributed by atoms with E-state index in [1.807, 2.05) is 6.07 Å². The maximum atomic E-state index is 10.9. The monoisotopic (exact) mass is 264 g/mol. The van der Waals surface area contributed by atoms with E-state index in [0.29, 0.717) is 25.3 Å². The highest BCUT2D eigenvalue weighted by molar-refractivity contribution is 5.64. The quantitative estimate of drug-likeness (QED) is 0.382. The van der Waals surface area contributed by atoms with Crippen molar-refractivity contribution in [3.63, 3.8) is 0 Å². The molecule has 0 saturated heterocycles. The van der Waals surface area contributed by atoms with Crippen LogP contribution < -0.4 is 10.6 Å². The lowest BCUT2D eigenvalue weighted by molar-refractivity contribution is -0.384. The van der Waals surface area contributed by atoms with Gasteiger partial charge >= 0.3 is 0 Å². The molecular formula is C12H16N4O3. The summed E-state index contributed by atoms with van der Waals surface area (Å²) in [6, 6.07) is 6.15. The molecule has 1 aromatic carbocycles.